The SMILES string of the molecule is NC(=O)[C@@H](C(=O)Nc1ccc(N2CCOCC2=O)cc1C(F)F)N(CC1CCC1)C1CCC1. The molecular weight excluding hydrogens is 434 g/mol. The van der Waals surface area contributed by atoms with Crippen molar-refractivity contribution >= 4 is 29.1 Å². The molecule has 3 fully saturated rings. The van der Waals surface area contributed by atoms with Gasteiger partial charge in [-0.1, -0.05) is 12.8 Å². The Labute approximate surface area is 191 Å². The van der Waals surface area contributed by atoms with Gasteiger partial charge in [0.15, 0.2) is 6.04 Å². The summed E-state index contributed by atoms with van der Waals surface area (Å²) in [7, 11) is 0. The Bertz CT molecular complexity index is 904. The van der Waals surface area contributed by atoms with E-state index in [-0.39, 0.29) is 30.8 Å². The van der Waals surface area contributed by atoms with Crippen LogP contribution in [-0.4, -0.2) is 61.0 Å². The lowest BCUT2D eigenvalue weighted by molar-refractivity contribution is -0.135. The van der Waals surface area contributed by atoms with Gasteiger partial charge in [0, 0.05) is 36.1 Å². The number of benzene rings is 1. The molecule has 1 atom stereocenters. The molecule has 33 heavy (non-hydrogen) atoms. The number of carbonyl (C=O) groups is 3. The van der Waals surface area contributed by atoms with Gasteiger partial charge in [-0.25, -0.2) is 8.78 Å². The smallest absolute Gasteiger partial charge is 0.265 e. The molecule has 1 aliphatic heterocycles. The number of anilines is 2. The molecule has 3 amide bonds. The minimum absolute atomic E-state index is 0.0945. The number of hydrogen-bond donors (Lipinski definition) is 2. The van der Waals surface area contributed by atoms with Crippen LogP contribution in [0.1, 0.15) is 50.5 Å². The van der Waals surface area contributed by atoms with Gasteiger partial charge in [0.1, 0.15) is 6.61 Å². The van der Waals surface area contributed by atoms with Gasteiger partial charge < -0.3 is 20.7 Å². The molecule has 0 radical (unpaired) electrons. The lowest BCUT2D eigenvalue weighted by Gasteiger charge is -2.43. The first-order chi connectivity index (χ1) is 15.8. The molecule has 1 heterocycles. The third-order valence-corrected chi connectivity index (χ3v) is 6.91. The molecule has 4 rings (SSSR count). The number of amides is 3. The highest BCUT2D eigenvalue weighted by Gasteiger charge is 2.40. The maximum atomic E-state index is 13.9. The molecule has 1 aromatic rings. The Morgan fingerprint density at radius 3 is 2.48 bits per heavy atom. The quantitative estimate of drug-likeness (QED) is 0.546. The topological polar surface area (TPSA) is 105 Å². The highest BCUT2D eigenvalue weighted by molar-refractivity contribution is 6.10. The molecule has 0 bridgehead atoms. The Hall–Kier alpha value is -2.59. The van der Waals surface area contributed by atoms with Crippen LogP contribution in [-0.2, 0) is 19.1 Å². The van der Waals surface area contributed by atoms with Crippen LogP contribution in [0, 0.1) is 5.92 Å². The maximum absolute atomic E-state index is 13.9. The Morgan fingerprint density at radius 1 is 1.21 bits per heavy atom. The van der Waals surface area contributed by atoms with E-state index in [2.05, 4.69) is 5.32 Å². The first-order valence-corrected chi connectivity index (χ1v) is 11.5. The van der Waals surface area contributed by atoms with Gasteiger partial charge in [0.2, 0.25) is 5.91 Å². The number of nitrogens with two attached hydrogens (primary N) is 1. The minimum Gasteiger partial charge on any atom is -0.370 e. The van der Waals surface area contributed by atoms with Gasteiger partial charge >= 0.3 is 0 Å². The van der Waals surface area contributed by atoms with Crippen LogP contribution in [0.2, 0.25) is 0 Å². The summed E-state index contributed by atoms with van der Waals surface area (Å²) in [6, 6.07) is 2.91. The van der Waals surface area contributed by atoms with E-state index in [1.54, 1.807) is 0 Å². The second-order valence-electron chi connectivity index (χ2n) is 9.04. The molecule has 0 spiro atoms. The van der Waals surface area contributed by atoms with Gasteiger partial charge in [0.05, 0.1) is 6.61 Å². The zero-order valence-electron chi connectivity index (χ0n) is 18.5. The van der Waals surface area contributed by atoms with Crippen molar-refractivity contribution in [3.05, 3.63) is 23.8 Å². The van der Waals surface area contributed by atoms with Crippen molar-refractivity contribution in [2.75, 3.05) is 36.5 Å². The summed E-state index contributed by atoms with van der Waals surface area (Å²) in [5.74, 6) is -1.39. The van der Waals surface area contributed by atoms with Gasteiger partial charge in [-0.2, -0.15) is 0 Å². The average molecular weight is 465 g/mol. The normalized spacial score (nSPS) is 20.5. The first-order valence-electron chi connectivity index (χ1n) is 11.5. The second kappa shape index (κ2) is 10.1. The van der Waals surface area contributed by atoms with Crippen molar-refractivity contribution in [2.45, 2.75) is 57.0 Å². The van der Waals surface area contributed by atoms with Crippen molar-refractivity contribution < 1.29 is 27.9 Å². The van der Waals surface area contributed by atoms with Gasteiger partial charge in [0.25, 0.3) is 18.2 Å². The average Bonchev–Trinajstić information content (AvgIpc) is 2.69. The molecule has 2 aliphatic carbocycles. The highest BCUT2D eigenvalue weighted by atomic mass is 19.3. The van der Waals surface area contributed by atoms with Crippen molar-refractivity contribution in [2.24, 2.45) is 11.7 Å². The number of hydrogen-bond acceptors (Lipinski definition) is 5. The molecule has 1 aromatic carbocycles. The number of morpholine rings is 1. The molecular formula is C23H30F2N4O4. The largest absolute Gasteiger partial charge is 0.370 e. The van der Waals surface area contributed by atoms with Gasteiger partial charge in [-0.15, -0.1) is 0 Å². The van der Waals surface area contributed by atoms with E-state index in [1.807, 2.05) is 4.90 Å². The minimum atomic E-state index is -2.89. The lowest BCUT2D eigenvalue weighted by Crippen LogP contribution is -2.58. The van der Waals surface area contributed by atoms with Gasteiger partial charge in [-0.05, 0) is 49.8 Å². The van der Waals surface area contributed by atoms with E-state index in [9.17, 15) is 23.2 Å². The molecule has 10 heteroatoms. The molecule has 2 saturated carbocycles. The summed E-state index contributed by atoms with van der Waals surface area (Å²) in [5, 5.41) is 2.52. The Morgan fingerprint density at radius 2 is 1.94 bits per heavy atom. The van der Waals surface area contributed by atoms with Crippen LogP contribution in [0.15, 0.2) is 18.2 Å². The summed E-state index contributed by atoms with van der Waals surface area (Å²) in [5.41, 5.74) is 5.43. The van der Waals surface area contributed by atoms with E-state index < -0.39 is 29.8 Å². The number of primary amides is 1. The van der Waals surface area contributed by atoms with Crippen molar-refractivity contribution in [1.29, 1.82) is 0 Å². The predicted octanol–water partition coefficient (Wildman–Crippen LogP) is 2.43. The van der Waals surface area contributed by atoms with Crippen LogP contribution in [0.3, 0.4) is 0 Å². The van der Waals surface area contributed by atoms with Crippen LogP contribution >= 0.6 is 0 Å². The second-order valence-corrected chi connectivity index (χ2v) is 9.04. The number of ether oxygens (including phenoxy) is 1. The number of halogens is 2. The number of nitrogens with zero attached hydrogens (tertiary/aromatic N) is 2. The van der Waals surface area contributed by atoms with Crippen LogP contribution in [0.5, 0.6) is 0 Å². The summed E-state index contributed by atoms with van der Waals surface area (Å²) in [6.07, 6.45) is 3.13. The lowest BCUT2D eigenvalue weighted by atomic mass is 9.82. The van der Waals surface area contributed by atoms with Crippen molar-refractivity contribution in [1.82, 2.24) is 4.90 Å². The third kappa shape index (κ3) is 5.16. The monoisotopic (exact) mass is 464 g/mol. The fourth-order valence-electron chi connectivity index (χ4n) is 4.60. The van der Waals surface area contributed by atoms with E-state index >= 15 is 0 Å². The number of alkyl halides is 2. The maximum Gasteiger partial charge on any atom is 0.265 e. The molecule has 0 unspecified atom stereocenters. The number of carbonyl (C=O) groups excluding carboxylic acids is 3. The van der Waals surface area contributed by atoms with Crippen LogP contribution < -0.4 is 16.0 Å². The standard InChI is InChI=1S/C23H30F2N4O4/c24-21(25)17-11-16(28-9-10-33-13-19(28)30)7-8-18(17)27-23(32)20(22(26)31)29(15-5-2-6-15)12-14-3-1-4-14/h7-8,11,14-15,20-21H,1-6,9-10,12-13H2,(H2,26,31)(H,27,32)/t20-/m0/s1. The summed E-state index contributed by atoms with van der Waals surface area (Å²) < 4.78 is 32.8. The van der Waals surface area contributed by atoms with Crippen LogP contribution in [0.4, 0.5) is 20.2 Å². The van der Waals surface area contributed by atoms with Crippen molar-refractivity contribution in [3.8, 4) is 0 Å². The van der Waals surface area contributed by atoms with Crippen molar-refractivity contribution in [3.63, 3.8) is 0 Å². The third-order valence-electron chi connectivity index (χ3n) is 6.91. The first kappa shape index (κ1) is 23.6. The summed E-state index contributed by atoms with van der Waals surface area (Å²) in [4.78, 5) is 40.8. The fraction of sp³-hybridized carbons (Fsp3) is 0.609. The highest BCUT2D eigenvalue weighted by Crippen LogP contribution is 2.35. The Balaban J connectivity index is 1.55. The van der Waals surface area contributed by atoms with E-state index in [1.165, 1.54) is 23.1 Å². The van der Waals surface area contributed by atoms with E-state index in [4.69, 9.17) is 10.5 Å². The molecule has 3 N–H and O–H groups in total. The summed E-state index contributed by atoms with van der Waals surface area (Å²) >= 11 is 0. The van der Waals surface area contributed by atoms with Gasteiger partial charge in [-0.3, -0.25) is 19.3 Å². The molecule has 1 saturated heterocycles. The zero-order chi connectivity index (χ0) is 23.5. The zero-order valence-corrected chi connectivity index (χ0v) is 18.5. The fourth-order valence-corrected chi connectivity index (χ4v) is 4.60. The molecule has 3 aliphatic rings. The van der Waals surface area contributed by atoms with E-state index in [0.717, 1.165) is 38.5 Å². The predicted molar refractivity (Wildman–Crippen MR) is 118 cm³/mol. The molecule has 8 nitrogen and oxygen atoms in total. The Kier molecular flexibility index (Phi) is 7.23. The number of rotatable bonds is 9. The number of nitrogens with one attached hydrogen (secondary N) is 1. The van der Waals surface area contributed by atoms with E-state index in [0.29, 0.717) is 24.8 Å². The molecule has 0 aromatic heterocycles. The molecule has 180 valence electrons. The van der Waals surface area contributed by atoms with Crippen LogP contribution in [0.25, 0.3) is 0 Å². The summed E-state index contributed by atoms with van der Waals surface area (Å²) in [6.45, 7) is 1.06.